The Kier molecular flexibility index (Phi) is 7.36. The summed E-state index contributed by atoms with van der Waals surface area (Å²) in [7, 11) is 0. The van der Waals surface area contributed by atoms with E-state index in [1.807, 2.05) is 12.1 Å². The van der Waals surface area contributed by atoms with Crippen molar-refractivity contribution in [2.45, 2.75) is 0 Å². The Morgan fingerprint density at radius 1 is 0.281 bits per heavy atom. The Bertz CT molecular complexity index is 4170. The van der Waals surface area contributed by atoms with Gasteiger partial charge >= 0.3 is 0 Å². The minimum absolute atomic E-state index is 0.850. The minimum Gasteiger partial charge on any atom is -0.456 e. The largest absolute Gasteiger partial charge is 0.456 e. The first-order chi connectivity index (χ1) is 31.7. The number of aromatic nitrogens is 2. The van der Waals surface area contributed by atoms with Crippen molar-refractivity contribution in [3.8, 4) is 44.8 Å². The summed E-state index contributed by atoms with van der Waals surface area (Å²) in [6, 6.07) is 78.5. The van der Waals surface area contributed by atoms with E-state index in [0.717, 1.165) is 77.4 Å². The van der Waals surface area contributed by atoms with Crippen LogP contribution in [-0.4, -0.2) is 9.13 Å². The Labute approximate surface area is 367 Å². The van der Waals surface area contributed by atoms with Gasteiger partial charge in [0, 0.05) is 60.0 Å². The van der Waals surface area contributed by atoms with Crippen LogP contribution in [0.4, 0.5) is 0 Å². The van der Waals surface area contributed by atoms with Gasteiger partial charge in [-0.15, -0.1) is 0 Å². The van der Waals surface area contributed by atoms with Gasteiger partial charge < -0.3 is 18.0 Å². The minimum atomic E-state index is 0.850. The molecule has 10 aromatic carbocycles. The zero-order valence-electron chi connectivity index (χ0n) is 34.5. The zero-order valence-corrected chi connectivity index (χ0v) is 34.5. The molecule has 0 aliphatic heterocycles. The predicted octanol–water partition coefficient (Wildman–Crippen LogP) is 16.7. The fraction of sp³-hybridized carbons (Fsp3) is 0. The molecular weight excluding hydrogens is 781 g/mol. The average molecular weight is 817 g/mol. The first-order valence-electron chi connectivity index (χ1n) is 21.8. The lowest BCUT2D eigenvalue weighted by molar-refractivity contribution is 0.668. The third-order valence-corrected chi connectivity index (χ3v) is 13.3. The van der Waals surface area contributed by atoms with E-state index in [-0.39, 0.29) is 0 Å². The van der Waals surface area contributed by atoms with Gasteiger partial charge in [-0.1, -0.05) is 152 Å². The summed E-state index contributed by atoms with van der Waals surface area (Å²) < 4.78 is 18.1. The van der Waals surface area contributed by atoms with Gasteiger partial charge in [-0.2, -0.15) is 0 Å². The number of rotatable bonds is 5. The molecule has 0 spiro atoms. The summed E-state index contributed by atoms with van der Waals surface area (Å²) in [6.45, 7) is 0. The lowest BCUT2D eigenvalue weighted by atomic mass is 9.97. The van der Waals surface area contributed by atoms with E-state index in [9.17, 15) is 0 Å². The maximum absolute atomic E-state index is 6.86. The Morgan fingerprint density at radius 3 is 1.73 bits per heavy atom. The summed E-state index contributed by atoms with van der Waals surface area (Å²) in [5.74, 6) is 0. The molecule has 0 fully saturated rings. The molecule has 0 saturated carbocycles. The number of fused-ring (bicyclic) bond motifs is 13. The molecule has 14 rings (SSSR count). The Hall–Kier alpha value is -8.60. The van der Waals surface area contributed by atoms with Crippen LogP contribution in [0, 0.1) is 0 Å². The standard InChI is InChI=1S/C60H36N2O2/c1-3-13-37(14-4-1)39-25-28-41(29-26-39)61-51-22-9-7-17-47(51)58-53(61)33-31-44-49-35-40(38-15-5-2-6-16-38)27-32-52(49)62(59(44)58)42-30-34-55-50(36-42)46-21-11-20-45(60(46)64-55)43-19-12-24-56-57(43)48-18-8-10-23-54(48)63-56/h1-36H. The fourth-order valence-electron chi connectivity index (χ4n) is 10.5. The maximum atomic E-state index is 6.86. The Balaban J connectivity index is 1.03. The summed E-state index contributed by atoms with van der Waals surface area (Å²) in [5, 5.41) is 9.20. The van der Waals surface area contributed by atoms with Crippen molar-refractivity contribution in [3.63, 3.8) is 0 Å². The monoisotopic (exact) mass is 816 g/mol. The van der Waals surface area contributed by atoms with Crippen LogP contribution in [0.1, 0.15) is 0 Å². The normalized spacial score (nSPS) is 12.1. The SMILES string of the molecule is c1ccc(-c2ccc(-n3c4ccccc4c4c3ccc3c5cc(-c6ccccc6)ccc5n(-c5ccc6oc7c(-c8cccc9oc%10ccccc%10c89)cccc7c6c5)c34)cc2)cc1. The summed E-state index contributed by atoms with van der Waals surface area (Å²) in [4.78, 5) is 0. The van der Waals surface area contributed by atoms with Crippen LogP contribution in [-0.2, 0) is 0 Å². The summed E-state index contributed by atoms with van der Waals surface area (Å²) in [5.41, 5.74) is 17.3. The molecule has 4 nitrogen and oxygen atoms in total. The highest BCUT2D eigenvalue weighted by atomic mass is 16.3. The third-order valence-electron chi connectivity index (χ3n) is 13.3. The van der Waals surface area contributed by atoms with E-state index >= 15 is 0 Å². The van der Waals surface area contributed by atoms with Crippen LogP contribution in [0.3, 0.4) is 0 Å². The maximum Gasteiger partial charge on any atom is 0.143 e. The van der Waals surface area contributed by atoms with Gasteiger partial charge in [-0.3, -0.25) is 0 Å². The molecule has 0 saturated heterocycles. The number of nitrogens with zero attached hydrogens (tertiary/aromatic N) is 2. The van der Waals surface area contributed by atoms with Crippen LogP contribution in [0.25, 0.3) is 132 Å². The first kappa shape index (κ1) is 35.0. The second-order valence-corrected chi connectivity index (χ2v) is 16.8. The van der Waals surface area contributed by atoms with Crippen molar-refractivity contribution in [2.24, 2.45) is 0 Å². The van der Waals surface area contributed by atoms with Crippen molar-refractivity contribution in [1.82, 2.24) is 9.13 Å². The molecule has 0 aliphatic carbocycles. The lowest BCUT2D eigenvalue weighted by Gasteiger charge is -2.11. The molecular formula is C60H36N2O2. The number of benzene rings is 10. The van der Waals surface area contributed by atoms with E-state index in [0.29, 0.717) is 0 Å². The lowest BCUT2D eigenvalue weighted by Crippen LogP contribution is -1.95. The molecule has 4 aromatic heterocycles. The molecule has 0 atom stereocenters. The predicted molar refractivity (Wildman–Crippen MR) is 266 cm³/mol. The van der Waals surface area contributed by atoms with Gasteiger partial charge in [-0.05, 0) is 94.5 Å². The van der Waals surface area contributed by atoms with E-state index in [4.69, 9.17) is 8.83 Å². The molecule has 0 bridgehead atoms. The van der Waals surface area contributed by atoms with E-state index in [2.05, 4.69) is 215 Å². The molecule has 4 heterocycles. The van der Waals surface area contributed by atoms with Crippen LogP contribution < -0.4 is 0 Å². The highest BCUT2D eigenvalue weighted by Crippen LogP contribution is 2.45. The molecule has 64 heavy (non-hydrogen) atoms. The summed E-state index contributed by atoms with van der Waals surface area (Å²) in [6.07, 6.45) is 0. The summed E-state index contributed by atoms with van der Waals surface area (Å²) >= 11 is 0. The van der Waals surface area contributed by atoms with Crippen molar-refractivity contribution >= 4 is 87.5 Å². The number of furan rings is 2. The average Bonchev–Trinajstić information content (AvgIpc) is 4.12. The second-order valence-electron chi connectivity index (χ2n) is 16.8. The van der Waals surface area contributed by atoms with Gasteiger partial charge in [0.25, 0.3) is 0 Å². The van der Waals surface area contributed by atoms with Gasteiger partial charge in [0.2, 0.25) is 0 Å². The van der Waals surface area contributed by atoms with Gasteiger partial charge in [0.05, 0.1) is 22.1 Å². The first-order valence-corrected chi connectivity index (χ1v) is 21.8. The van der Waals surface area contributed by atoms with Crippen LogP contribution >= 0.6 is 0 Å². The molecule has 4 heteroatoms. The van der Waals surface area contributed by atoms with Crippen LogP contribution in [0.5, 0.6) is 0 Å². The third kappa shape index (κ3) is 5.05. The smallest absolute Gasteiger partial charge is 0.143 e. The molecule has 298 valence electrons. The van der Waals surface area contributed by atoms with Gasteiger partial charge in [0.1, 0.15) is 22.3 Å². The number of hydrogen-bond donors (Lipinski definition) is 0. The van der Waals surface area contributed by atoms with E-state index < -0.39 is 0 Å². The highest BCUT2D eigenvalue weighted by molar-refractivity contribution is 6.27. The van der Waals surface area contributed by atoms with Crippen LogP contribution in [0.15, 0.2) is 227 Å². The van der Waals surface area contributed by atoms with Crippen LogP contribution in [0.2, 0.25) is 0 Å². The molecule has 0 aliphatic rings. The van der Waals surface area contributed by atoms with Crippen molar-refractivity contribution in [2.75, 3.05) is 0 Å². The topological polar surface area (TPSA) is 36.1 Å². The van der Waals surface area contributed by atoms with Crippen molar-refractivity contribution in [3.05, 3.63) is 218 Å². The molecule has 0 radical (unpaired) electrons. The number of hydrogen-bond acceptors (Lipinski definition) is 2. The van der Waals surface area contributed by atoms with Crippen molar-refractivity contribution < 1.29 is 8.83 Å². The molecule has 0 amide bonds. The van der Waals surface area contributed by atoms with Gasteiger partial charge in [-0.25, -0.2) is 0 Å². The highest BCUT2D eigenvalue weighted by Gasteiger charge is 2.23. The van der Waals surface area contributed by atoms with E-state index in [1.165, 1.54) is 54.8 Å². The quantitative estimate of drug-likeness (QED) is 0.173. The zero-order chi connectivity index (χ0) is 41.9. The second kappa shape index (κ2) is 13.4. The molecule has 14 aromatic rings. The van der Waals surface area contributed by atoms with Gasteiger partial charge in [0.15, 0.2) is 0 Å². The molecule has 0 unspecified atom stereocenters. The Morgan fingerprint density at radius 2 is 0.891 bits per heavy atom. The number of para-hydroxylation sites is 3. The fourth-order valence-corrected chi connectivity index (χ4v) is 10.5. The van der Waals surface area contributed by atoms with E-state index in [1.54, 1.807) is 0 Å². The molecule has 0 N–H and O–H groups in total. The van der Waals surface area contributed by atoms with Crippen molar-refractivity contribution in [1.29, 1.82) is 0 Å².